The molecule has 48 heavy (non-hydrogen) atoms. The minimum atomic E-state index is 1.12. The van der Waals surface area contributed by atoms with Crippen molar-refractivity contribution in [3.8, 4) is 27.9 Å². The van der Waals surface area contributed by atoms with Crippen LogP contribution in [0.5, 0.6) is 0 Å². The molecule has 0 saturated carbocycles. The number of hydrogen-bond donors (Lipinski definition) is 0. The highest BCUT2D eigenvalue weighted by atomic mass is 15.1. The van der Waals surface area contributed by atoms with E-state index in [1.54, 1.807) is 0 Å². The maximum Gasteiger partial charge on any atom is 0.0547 e. The molecule has 0 radical (unpaired) electrons. The minimum Gasteiger partial charge on any atom is -0.309 e. The summed E-state index contributed by atoms with van der Waals surface area (Å²) in [6.07, 6.45) is 0. The SMILES string of the molecule is c1ccc(N(c2ccccc2-c2cccc(-c3cccc4c3c3ccccc3n4-c3ccccc3)c2)c2cccc3ccccc23)cc1. The van der Waals surface area contributed by atoms with E-state index < -0.39 is 0 Å². The molecule has 0 unspecified atom stereocenters. The maximum atomic E-state index is 2.40. The van der Waals surface area contributed by atoms with Gasteiger partial charge in [-0.1, -0.05) is 140 Å². The summed E-state index contributed by atoms with van der Waals surface area (Å²) in [6, 6.07) is 69.8. The Morgan fingerprint density at radius 2 is 0.938 bits per heavy atom. The fraction of sp³-hybridized carbons (Fsp3) is 0. The van der Waals surface area contributed by atoms with Crippen LogP contribution in [0.4, 0.5) is 17.1 Å². The molecule has 0 aliphatic rings. The molecule has 2 nitrogen and oxygen atoms in total. The van der Waals surface area contributed by atoms with Gasteiger partial charge in [-0.3, -0.25) is 0 Å². The predicted octanol–water partition coefficient (Wildman–Crippen LogP) is 12.7. The zero-order valence-electron chi connectivity index (χ0n) is 26.4. The number of benzene rings is 8. The average Bonchev–Trinajstić information content (AvgIpc) is 3.51. The van der Waals surface area contributed by atoms with E-state index in [0.717, 1.165) is 22.7 Å². The van der Waals surface area contributed by atoms with Gasteiger partial charge in [-0.2, -0.15) is 0 Å². The second-order valence-corrected chi connectivity index (χ2v) is 12.2. The Balaban J connectivity index is 1.25. The molecule has 2 heteroatoms. The number of para-hydroxylation sites is 4. The molecule has 0 atom stereocenters. The molecule has 0 saturated heterocycles. The van der Waals surface area contributed by atoms with Crippen LogP contribution in [-0.4, -0.2) is 4.57 Å². The lowest BCUT2D eigenvalue weighted by molar-refractivity contribution is 1.18. The third-order valence-corrected chi connectivity index (χ3v) is 9.36. The molecular weight excluding hydrogens is 581 g/mol. The molecule has 226 valence electrons. The first kappa shape index (κ1) is 27.9. The van der Waals surface area contributed by atoms with Crippen molar-refractivity contribution in [2.75, 3.05) is 4.90 Å². The molecule has 0 spiro atoms. The van der Waals surface area contributed by atoms with Gasteiger partial charge in [0.1, 0.15) is 0 Å². The number of aromatic nitrogens is 1. The van der Waals surface area contributed by atoms with Crippen LogP contribution in [0.2, 0.25) is 0 Å². The third-order valence-electron chi connectivity index (χ3n) is 9.36. The number of anilines is 3. The molecule has 1 aromatic heterocycles. The van der Waals surface area contributed by atoms with Crippen LogP contribution in [0.3, 0.4) is 0 Å². The van der Waals surface area contributed by atoms with Crippen LogP contribution in [0.1, 0.15) is 0 Å². The molecule has 0 amide bonds. The first-order valence-electron chi connectivity index (χ1n) is 16.5. The zero-order valence-corrected chi connectivity index (χ0v) is 26.4. The van der Waals surface area contributed by atoms with Crippen LogP contribution >= 0.6 is 0 Å². The molecule has 0 aliphatic carbocycles. The lowest BCUT2D eigenvalue weighted by Gasteiger charge is -2.29. The fourth-order valence-electron chi connectivity index (χ4n) is 7.27. The molecule has 0 N–H and O–H groups in total. The Hall–Kier alpha value is -6.38. The van der Waals surface area contributed by atoms with E-state index in [1.807, 2.05) is 0 Å². The molecule has 9 aromatic rings. The topological polar surface area (TPSA) is 8.17 Å². The van der Waals surface area contributed by atoms with Gasteiger partial charge in [0.25, 0.3) is 0 Å². The molecular formula is C46H32N2. The number of rotatable bonds is 6. The van der Waals surface area contributed by atoms with Gasteiger partial charge in [0.05, 0.1) is 22.4 Å². The summed E-state index contributed by atoms with van der Waals surface area (Å²) in [7, 11) is 0. The van der Waals surface area contributed by atoms with E-state index in [-0.39, 0.29) is 0 Å². The quantitative estimate of drug-likeness (QED) is 0.181. The van der Waals surface area contributed by atoms with Crippen molar-refractivity contribution in [2.45, 2.75) is 0 Å². The number of hydrogen-bond acceptors (Lipinski definition) is 1. The largest absolute Gasteiger partial charge is 0.309 e. The van der Waals surface area contributed by atoms with Gasteiger partial charge in [-0.05, 0) is 76.7 Å². The molecule has 1 heterocycles. The van der Waals surface area contributed by atoms with Crippen molar-refractivity contribution in [1.82, 2.24) is 4.57 Å². The van der Waals surface area contributed by atoms with Crippen molar-refractivity contribution in [2.24, 2.45) is 0 Å². The van der Waals surface area contributed by atoms with E-state index in [1.165, 1.54) is 54.8 Å². The van der Waals surface area contributed by atoms with E-state index >= 15 is 0 Å². The molecule has 9 rings (SSSR count). The lowest BCUT2D eigenvalue weighted by atomic mass is 9.94. The summed E-state index contributed by atoms with van der Waals surface area (Å²) in [5, 5.41) is 4.96. The minimum absolute atomic E-state index is 1.12. The molecule has 0 bridgehead atoms. The predicted molar refractivity (Wildman–Crippen MR) is 204 cm³/mol. The highest BCUT2D eigenvalue weighted by Gasteiger charge is 2.20. The van der Waals surface area contributed by atoms with Gasteiger partial charge >= 0.3 is 0 Å². The van der Waals surface area contributed by atoms with Gasteiger partial charge in [-0.25, -0.2) is 0 Å². The highest BCUT2D eigenvalue weighted by Crippen LogP contribution is 2.44. The van der Waals surface area contributed by atoms with Crippen LogP contribution in [-0.2, 0) is 0 Å². The van der Waals surface area contributed by atoms with Gasteiger partial charge < -0.3 is 9.47 Å². The van der Waals surface area contributed by atoms with Crippen molar-refractivity contribution in [3.63, 3.8) is 0 Å². The normalized spacial score (nSPS) is 11.3. The van der Waals surface area contributed by atoms with Crippen LogP contribution < -0.4 is 4.90 Å². The van der Waals surface area contributed by atoms with E-state index in [4.69, 9.17) is 0 Å². The Kier molecular flexibility index (Phi) is 6.84. The maximum absolute atomic E-state index is 2.40. The number of fused-ring (bicyclic) bond motifs is 4. The monoisotopic (exact) mass is 612 g/mol. The lowest BCUT2D eigenvalue weighted by Crippen LogP contribution is -2.11. The zero-order chi connectivity index (χ0) is 31.9. The summed E-state index contributed by atoms with van der Waals surface area (Å²) in [6.45, 7) is 0. The van der Waals surface area contributed by atoms with Crippen molar-refractivity contribution >= 4 is 49.6 Å². The van der Waals surface area contributed by atoms with Crippen LogP contribution in [0.25, 0.3) is 60.5 Å². The summed E-state index contributed by atoms with van der Waals surface area (Å²) >= 11 is 0. The summed E-state index contributed by atoms with van der Waals surface area (Å²) < 4.78 is 2.38. The first-order valence-corrected chi connectivity index (χ1v) is 16.5. The Morgan fingerprint density at radius 1 is 0.375 bits per heavy atom. The average molecular weight is 613 g/mol. The van der Waals surface area contributed by atoms with E-state index in [9.17, 15) is 0 Å². The van der Waals surface area contributed by atoms with Gasteiger partial charge in [0, 0.05) is 33.1 Å². The van der Waals surface area contributed by atoms with Crippen molar-refractivity contribution < 1.29 is 0 Å². The van der Waals surface area contributed by atoms with Gasteiger partial charge in [0.2, 0.25) is 0 Å². The van der Waals surface area contributed by atoms with Crippen LogP contribution in [0, 0.1) is 0 Å². The van der Waals surface area contributed by atoms with Crippen LogP contribution in [0.15, 0.2) is 194 Å². The third kappa shape index (κ3) is 4.66. The molecule has 8 aromatic carbocycles. The summed E-state index contributed by atoms with van der Waals surface area (Å²) in [5.41, 5.74) is 11.8. The second kappa shape index (κ2) is 11.8. The van der Waals surface area contributed by atoms with Crippen molar-refractivity contribution in [1.29, 1.82) is 0 Å². The molecule has 0 aliphatic heterocycles. The van der Waals surface area contributed by atoms with E-state index in [2.05, 4.69) is 204 Å². The standard InChI is InChI=1S/C46H32N2/c1-3-20-36(21-4-1)47(43-30-14-17-33-16-7-8-24-38(33)43)42-28-11-9-25-39(42)34-18-13-19-35(32-34)40-27-15-31-45-46(40)41-26-10-12-29-44(41)48(45)37-22-5-2-6-23-37/h1-32H. The Labute approximate surface area is 280 Å². The highest BCUT2D eigenvalue weighted by molar-refractivity contribution is 6.16. The van der Waals surface area contributed by atoms with Gasteiger partial charge in [0.15, 0.2) is 0 Å². The summed E-state index contributed by atoms with van der Waals surface area (Å²) in [4.78, 5) is 2.40. The second-order valence-electron chi connectivity index (χ2n) is 12.2. The number of nitrogens with zero attached hydrogens (tertiary/aromatic N) is 2. The Morgan fingerprint density at radius 3 is 1.79 bits per heavy atom. The Bertz CT molecular complexity index is 2560. The smallest absolute Gasteiger partial charge is 0.0547 e. The van der Waals surface area contributed by atoms with Gasteiger partial charge in [-0.15, -0.1) is 0 Å². The summed E-state index contributed by atoms with van der Waals surface area (Å²) in [5.74, 6) is 0. The molecule has 0 fully saturated rings. The fourth-order valence-corrected chi connectivity index (χ4v) is 7.27. The first-order chi connectivity index (χ1) is 23.8. The van der Waals surface area contributed by atoms with Crippen molar-refractivity contribution in [3.05, 3.63) is 194 Å². The van der Waals surface area contributed by atoms with E-state index in [0.29, 0.717) is 0 Å².